The maximum atomic E-state index is 11.3. The Kier molecular flexibility index (Phi) is 4.82. The molecule has 0 N–H and O–H groups in total. The Labute approximate surface area is 122 Å². The molecule has 0 aromatic heterocycles. The second-order valence-electron chi connectivity index (χ2n) is 4.92. The maximum Gasteiger partial charge on any atom is 0.303 e. The van der Waals surface area contributed by atoms with E-state index < -0.39 is 42.5 Å². The molecule has 2 rings (SSSR count). The lowest BCUT2D eigenvalue weighted by atomic mass is 10.1. The van der Waals surface area contributed by atoms with Gasteiger partial charge in [0, 0.05) is 27.4 Å². The zero-order valence-corrected chi connectivity index (χ0v) is 12.5. The summed E-state index contributed by atoms with van der Waals surface area (Å²) >= 11 is 0. The lowest BCUT2D eigenvalue weighted by Gasteiger charge is -2.35. The molecule has 8 nitrogen and oxygen atoms in total. The Bertz CT molecular complexity index is 411. The Balaban J connectivity index is 2.15. The first-order valence-corrected chi connectivity index (χ1v) is 6.80. The highest BCUT2D eigenvalue weighted by Crippen LogP contribution is 2.37. The summed E-state index contributed by atoms with van der Waals surface area (Å²) < 4.78 is 32.4. The van der Waals surface area contributed by atoms with Crippen molar-refractivity contribution in [2.24, 2.45) is 0 Å². The minimum atomic E-state index is -1.28. The molecule has 2 heterocycles. The van der Waals surface area contributed by atoms with Gasteiger partial charge in [0.15, 0.2) is 24.6 Å². The number of esters is 2. The van der Waals surface area contributed by atoms with Crippen LogP contribution >= 0.6 is 0 Å². The first-order chi connectivity index (χ1) is 9.84. The van der Waals surface area contributed by atoms with Crippen LogP contribution in [0.3, 0.4) is 0 Å². The topological polar surface area (TPSA) is 89.5 Å². The van der Waals surface area contributed by atoms with Crippen molar-refractivity contribution < 1.29 is 38.0 Å². The van der Waals surface area contributed by atoms with Crippen LogP contribution in [0.5, 0.6) is 0 Å². The van der Waals surface area contributed by atoms with E-state index in [1.54, 1.807) is 13.8 Å². The second kappa shape index (κ2) is 6.27. The van der Waals surface area contributed by atoms with Crippen molar-refractivity contribution in [3.8, 4) is 0 Å². The van der Waals surface area contributed by atoms with Gasteiger partial charge in [0.05, 0.1) is 6.61 Å². The predicted molar refractivity (Wildman–Crippen MR) is 66.8 cm³/mol. The third kappa shape index (κ3) is 3.70. The van der Waals surface area contributed by atoms with E-state index >= 15 is 0 Å². The Morgan fingerprint density at radius 2 is 1.86 bits per heavy atom. The van der Waals surface area contributed by atoms with Crippen LogP contribution < -0.4 is 0 Å². The quantitative estimate of drug-likeness (QED) is 0.687. The van der Waals surface area contributed by atoms with Gasteiger partial charge < -0.3 is 23.7 Å². The van der Waals surface area contributed by atoms with Crippen LogP contribution in [0.2, 0.25) is 0 Å². The van der Waals surface area contributed by atoms with Gasteiger partial charge in [0.1, 0.15) is 0 Å². The number of hydrogen-bond acceptors (Lipinski definition) is 8. The molecule has 2 aliphatic heterocycles. The summed E-state index contributed by atoms with van der Waals surface area (Å²) in [7, 11) is 0. The molecular weight excluding hydrogens is 284 g/mol. The van der Waals surface area contributed by atoms with Crippen molar-refractivity contribution in [1.82, 2.24) is 0 Å². The number of carbonyl (C=O) groups is 2. The fraction of sp³-hybridized carbons (Fsp3) is 0.846. The van der Waals surface area contributed by atoms with Crippen LogP contribution in [-0.2, 0) is 38.0 Å². The van der Waals surface area contributed by atoms with Gasteiger partial charge in [-0.25, -0.2) is 0 Å². The number of hydrogen-bond donors (Lipinski definition) is 0. The molecule has 2 saturated heterocycles. The Morgan fingerprint density at radius 1 is 1.19 bits per heavy atom. The van der Waals surface area contributed by atoms with Gasteiger partial charge in [-0.2, -0.15) is 0 Å². The molecule has 0 spiro atoms. The monoisotopic (exact) mass is 304 g/mol. The highest BCUT2D eigenvalue weighted by Gasteiger charge is 2.56. The highest BCUT2D eigenvalue weighted by atomic mass is 16.9. The van der Waals surface area contributed by atoms with Crippen LogP contribution in [-0.4, -0.2) is 55.7 Å². The summed E-state index contributed by atoms with van der Waals surface area (Å²) in [6.07, 6.45) is -3.05. The fourth-order valence-electron chi connectivity index (χ4n) is 2.43. The molecule has 0 aliphatic carbocycles. The van der Waals surface area contributed by atoms with Crippen molar-refractivity contribution in [2.45, 2.75) is 58.3 Å². The van der Waals surface area contributed by atoms with E-state index in [-0.39, 0.29) is 6.61 Å². The van der Waals surface area contributed by atoms with Crippen LogP contribution in [0, 0.1) is 0 Å². The molecule has 0 aromatic rings. The summed E-state index contributed by atoms with van der Waals surface area (Å²) in [6.45, 7) is 6.36. The van der Waals surface area contributed by atoms with Crippen LogP contribution in [0.4, 0.5) is 0 Å². The van der Waals surface area contributed by atoms with Crippen LogP contribution in [0.15, 0.2) is 0 Å². The molecule has 2 unspecified atom stereocenters. The largest absolute Gasteiger partial charge is 0.456 e. The van der Waals surface area contributed by atoms with Gasteiger partial charge >= 0.3 is 11.9 Å². The minimum Gasteiger partial charge on any atom is -0.456 e. The minimum absolute atomic E-state index is 0.0459. The molecular formula is C13H20O8. The average molecular weight is 304 g/mol. The second-order valence-corrected chi connectivity index (χ2v) is 4.92. The zero-order valence-electron chi connectivity index (χ0n) is 12.5. The standard InChI is InChI=1S/C13H20O8/c1-5-17-13(4)20-11-10(19-8(3)15)9(18-7(2)14)6-16-12(11)21-13/h9-12H,5-6H2,1-4H3/t9-,10+,11-,12?,13?/m1/s1. The van der Waals surface area contributed by atoms with E-state index in [4.69, 9.17) is 28.4 Å². The number of fused-ring (bicyclic) bond motifs is 1. The van der Waals surface area contributed by atoms with E-state index in [1.165, 1.54) is 13.8 Å². The van der Waals surface area contributed by atoms with E-state index in [1.807, 2.05) is 0 Å². The normalized spacial score (nSPS) is 38.7. The van der Waals surface area contributed by atoms with Gasteiger partial charge in [-0.3, -0.25) is 14.3 Å². The maximum absolute atomic E-state index is 11.3. The highest BCUT2D eigenvalue weighted by molar-refractivity contribution is 5.67. The van der Waals surface area contributed by atoms with Gasteiger partial charge in [-0.15, -0.1) is 0 Å². The van der Waals surface area contributed by atoms with E-state index in [2.05, 4.69) is 0 Å². The van der Waals surface area contributed by atoms with E-state index in [9.17, 15) is 9.59 Å². The summed E-state index contributed by atoms with van der Waals surface area (Å²) in [4.78, 5) is 22.4. The van der Waals surface area contributed by atoms with Crippen molar-refractivity contribution >= 4 is 11.9 Å². The molecule has 0 aromatic carbocycles. The molecule has 0 bridgehead atoms. The number of rotatable bonds is 4. The first kappa shape index (κ1) is 16.2. The lowest BCUT2D eigenvalue weighted by molar-refractivity contribution is -0.340. The van der Waals surface area contributed by atoms with Crippen molar-refractivity contribution in [3.63, 3.8) is 0 Å². The summed E-state index contributed by atoms with van der Waals surface area (Å²) in [6, 6.07) is 0. The average Bonchev–Trinajstić information content (AvgIpc) is 2.68. The summed E-state index contributed by atoms with van der Waals surface area (Å²) in [5.41, 5.74) is 0. The van der Waals surface area contributed by atoms with Gasteiger partial charge in [0.2, 0.25) is 0 Å². The van der Waals surface area contributed by atoms with E-state index in [0.717, 1.165) is 0 Å². The summed E-state index contributed by atoms with van der Waals surface area (Å²) in [5.74, 6) is -2.29. The molecule has 0 saturated carbocycles. The third-order valence-electron chi connectivity index (χ3n) is 3.09. The van der Waals surface area contributed by atoms with Gasteiger partial charge in [-0.05, 0) is 6.92 Å². The van der Waals surface area contributed by atoms with Crippen LogP contribution in [0.1, 0.15) is 27.7 Å². The third-order valence-corrected chi connectivity index (χ3v) is 3.09. The molecule has 21 heavy (non-hydrogen) atoms. The van der Waals surface area contributed by atoms with Gasteiger partial charge in [0.25, 0.3) is 5.97 Å². The number of ether oxygens (including phenoxy) is 6. The van der Waals surface area contributed by atoms with Crippen LogP contribution in [0.25, 0.3) is 0 Å². The van der Waals surface area contributed by atoms with Gasteiger partial charge in [-0.1, -0.05) is 0 Å². The predicted octanol–water partition coefficient (Wildman–Crippen LogP) is 0.332. The molecule has 2 fully saturated rings. The molecule has 5 atom stereocenters. The fourth-order valence-corrected chi connectivity index (χ4v) is 2.43. The molecule has 120 valence electrons. The van der Waals surface area contributed by atoms with Crippen molar-refractivity contribution in [1.29, 1.82) is 0 Å². The van der Waals surface area contributed by atoms with E-state index in [0.29, 0.717) is 6.61 Å². The van der Waals surface area contributed by atoms with Crippen molar-refractivity contribution in [3.05, 3.63) is 0 Å². The number of carbonyl (C=O) groups excluding carboxylic acids is 2. The Morgan fingerprint density at radius 3 is 2.43 bits per heavy atom. The SMILES string of the molecule is CCOC1(C)OC2OC[C@@H](OC(C)=O)[C@H](OC(C)=O)[C@H]2O1. The lowest BCUT2D eigenvalue weighted by Crippen LogP contribution is -2.54. The summed E-state index contributed by atoms with van der Waals surface area (Å²) in [5, 5.41) is 0. The molecule has 8 heteroatoms. The zero-order chi connectivity index (χ0) is 15.6. The van der Waals surface area contributed by atoms with Crippen molar-refractivity contribution in [2.75, 3.05) is 13.2 Å². The first-order valence-electron chi connectivity index (χ1n) is 6.80. The smallest absolute Gasteiger partial charge is 0.303 e. The Hall–Kier alpha value is -1.22. The molecule has 0 radical (unpaired) electrons. The molecule has 2 aliphatic rings. The molecule has 0 amide bonds.